The van der Waals surface area contributed by atoms with E-state index >= 15 is 0 Å². The lowest BCUT2D eigenvalue weighted by Gasteiger charge is -2.44. The maximum Gasteiger partial charge on any atom is 0.416 e. The van der Waals surface area contributed by atoms with Crippen molar-refractivity contribution < 1.29 is 32.5 Å². The highest BCUT2D eigenvalue weighted by Crippen LogP contribution is 2.32. The molecular formula is C28H33F3N2O4. The third-order valence-corrected chi connectivity index (χ3v) is 7.64. The number of β-amino-alcohol motifs (C(OH)–C–C–N with tert-alkyl or cyclic N) is 1. The predicted molar refractivity (Wildman–Crippen MR) is 131 cm³/mol. The summed E-state index contributed by atoms with van der Waals surface area (Å²) in [6.07, 6.45) is -2.96. The van der Waals surface area contributed by atoms with Crippen molar-refractivity contribution in [1.82, 2.24) is 9.80 Å². The zero-order chi connectivity index (χ0) is 26.0. The number of carbonyl (C=O) groups excluding carboxylic acids is 1. The largest absolute Gasteiger partial charge is 0.416 e. The van der Waals surface area contributed by atoms with Crippen molar-refractivity contribution in [2.45, 2.75) is 69.3 Å². The quantitative estimate of drug-likeness (QED) is 0.668. The molecule has 3 aliphatic rings. The van der Waals surface area contributed by atoms with E-state index in [-0.39, 0.29) is 30.8 Å². The Morgan fingerprint density at radius 3 is 2.54 bits per heavy atom. The van der Waals surface area contributed by atoms with E-state index in [0.717, 1.165) is 30.5 Å². The number of halogens is 3. The van der Waals surface area contributed by atoms with E-state index in [1.165, 1.54) is 23.3 Å². The minimum Gasteiger partial charge on any atom is -0.389 e. The molecule has 0 saturated carbocycles. The molecule has 37 heavy (non-hydrogen) atoms. The molecule has 2 aromatic carbocycles. The van der Waals surface area contributed by atoms with Gasteiger partial charge in [-0.1, -0.05) is 36.4 Å². The molecule has 0 radical (unpaired) electrons. The molecule has 1 amide bonds. The van der Waals surface area contributed by atoms with Gasteiger partial charge in [-0.2, -0.15) is 13.2 Å². The third-order valence-electron chi connectivity index (χ3n) is 7.64. The second-order valence-electron chi connectivity index (χ2n) is 10.3. The van der Waals surface area contributed by atoms with Gasteiger partial charge < -0.3 is 19.5 Å². The fourth-order valence-corrected chi connectivity index (χ4v) is 5.69. The van der Waals surface area contributed by atoms with Crippen LogP contribution in [0.4, 0.5) is 13.2 Å². The Balaban J connectivity index is 1.22. The summed E-state index contributed by atoms with van der Waals surface area (Å²) >= 11 is 0. The van der Waals surface area contributed by atoms with Gasteiger partial charge in [0.15, 0.2) is 0 Å². The molecule has 4 atom stereocenters. The Morgan fingerprint density at radius 2 is 1.78 bits per heavy atom. The molecule has 2 saturated heterocycles. The summed E-state index contributed by atoms with van der Waals surface area (Å²) < 4.78 is 51.0. The van der Waals surface area contributed by atoms with Crippen LogP contribution in [0.25, 0.3) is 0 Å². The Bertz CT molecular complexity index is 1080. The molecule has 200 valence electrons. The van der Waals surface area contributed by atoms with Gasteiger partial charge >= 0.3 is 6.18 Å². The average Bonchev–Trinajstić information content (AvgIpc) is 2.87. The number of aliphatic hydroxyl groups is 1. The number of hydrogen-bond donors (Lipinski definition) is 1. The summed E-state index contributed by atoms with van der Waals surface area (Å²) in [5.74, 6) is 0.0850. The van der Waals surface area contributed by atoms with Crippen LogP contribution >= 0.6 is 0 Å². The summed E-state index contributed by atoms with van der Waals surface area (Å²) in [4.78, 5) is 17.1. The van der Waals surface area contributed by atoms with Crippen molar-refractivity contribution in [2.75, 3.05) is 26.3 Å². The highest BCUT2D eigenvalue weighted by atomic mass is 19.4. The van der Waals surface area contributed by atoms with Crippen LogP contribution in [0, 0.1) is 0 Å². The number of rotatable bonds is 4. The van der Waals surface area contributed by atoms with Gasteiger partial charge in [-0.05, 0) is 48.1 Å². The molecule has 0 aliphatic carbocycles. The van der Waals surface area contributed by atoms with Crippen LogP contribution in [0.15, 0.2) is 48.5 Å². The molecule has 2 fully saturated rings. The summed E-state index contributed by atoms with van der Waals surface area (Å²) in [5.41, 5.74) is 2.55. The highest BCUT2D eigenvalue weighted by Gasteiger charge is 2.39. The minimum atomic E-state index is -4.38. The number of benzene rings is 2. The molecule has 0 unspecified atom stereocenters. The number of amides is 1. The van der Waals surface area contributed by atoms with E-state index in [9.17, 15) is 23.1 Å². The molecule has 3 heterocycles. The normalized spacial score (nSPS) is 27.1. The van der Waals surface area contributed by atoms with Crippen molar-refractivity contribution in [3.63, 3.8) is 0 Å². The van der Waals surface area contributed by atoms with Crippen LogP contribution in [-0.4, -0.2) is 71.5 Å². The lowest BCUT2D eigenvalue weighted by atomic mass is 9.93. The first kappa shape index (κ1) is 26.2. The van der Waals surface area contributed by atoms with Crippen LogP contribution in [0.1, 0.15) is 41.5 Å². The van der Waals surface area contributed by atoms with E-state index in [2.05, 4.69) is 17.0 Å². The molecule has 0 bridgehead atoms. The topological polar surface area (TPSA) is 62.2 Å². The summed E-state index contributed by atoms with van der Waals surface area (Å²) in [6.45, 7) is 2.52. The van der Waals surface area contributed by atoms with Gasteiger partial charge in [0.1, 0.15) is 0 Å². The highest BCUT2D eigenvalue weighted by molar-refractivity contribution is 5.77. The Morgan fingerprint density at radius 1 is 1.03 bits per heavy atom. The predicted octanol–water partition coefficient (Wildman–Crippen LogP) is 3.79. The Kier molecular flexibility index (Phi) is 7.85. The first-order valence-electron chi connectivity index (χ1n) is 12.9. The monoisotopic (exact) mass is 518 g/mol. The number of carbonyl (C=O) groups is 1. The Labute approximate surface area is 215 Å². The van der Waals surface area contributed by atoms with Gasteiger partial charge in [0.25, 0.3) is 0 Å². The smallest absolute Gasteiger partial charge is 0.389 e. The van der Waals surface area contributed by atoms with Crippen molar-refractivity contribution in [3.05, 3.63) is 70.8 Å². The van der Waals surface area contributed by atoms with Crippen LogP contribution in [0.5, 0.6) is 0 Å². The van der Waals surface area contributed by atoms with E-state index in [0.29, 0.717) is 45.6 Å². The average molecular weight is 519 g/mol. The standard InChI is InChI=1S/C28H33F3N2O4/c29-28(30,31)22-7-5-19(6-8-22)14-33-16-23(34)17-36-18-26-25(33)10-9-24(37-26)13-27(35)32-12-11-20-3-1-2-4-21(20)15-32/h1-8,23-26,34H,9-18H2/t23-,24+,25+,26-/m0/s1. The van der Waals surface area contributed by atoms with Crippen LogP contribution in [0.3, 0.4) is 0 Å². The summed E-state index contributed by atoms with van der Waals surface area (Å²) in [5, 5.41) is 10.4. The van der Waals surface area contributed by atoms with Gasteiger partial charge in [0.2, 0.25) is 5.91 Å². The molecule has 6 nitrogen and oxygen atoms in total. The molecule has 9 heteroatoms. The first-order valence-corrected chi connectivity index (χ1v) is 12.9. The maximum atomic E-state index is 13.1. The van der Waals surface area contributed by atoms with Crippen LogP contribution in [-0.2, 0) is 40.0 Å². The number of hydrogen-bond acceptors (Lipinski definition) is 5. The molecule has 2 aromatic rings. The third kappa shape index (κ3) is 6.34. The fraction of sp³-hybridized carbons (Fsp3) is 0.536. The lowest BCUT2D eigenvalue weighted by Crippen LogP contribution is -2.55. The molecule has 5 rings (SSSR count). The van der Waals surface area contributed by atoms with Gasteiger partial charge in [0.05, 0.1) is 43.5 Å². The summed E-state index contributed by atoms with van der Waals surface area (Å²) in [6, 6.07) is 13.3. The lowest BCUT2D eigenvalue weighted by molar-refractivity contribution is -0.161. The Hall–Kier alpha value is -2.46. The van der Waals surface area contributed by atoms with Crippen LogP contribution in [0.2, 0.25) is 0 Å². The van der Waals surface area contributed by atoms with Crippen molar-refractivity contribution in [1.29, 1.82) is 0 Å². The maximum absolute atomic E-state index is 13.1. The SMILES string of the molecule is O=C(C[C@H]1CC[C@@H]2[C@H](COC[C@@H](O)CN2Cc2ccc(C(F)(F)F)cc2)O1)N1CCc2ccccc2C1. The molecule has 3 aliphatic heterocycles. The molecular weight excluding hydrogens is 485 g/mol. The summed E-state index contributed by atoms with van der Waals surface area (Å²) in [7, 11) is 0. The van der Waals surface area contributed by atoms with Gasteiger partial charge in [0, 0.05) is 32.2 Å². The van der Waals surface area contributed by atoms with E-state index in [1.807, 2.05) is 17.0 Å². The number of nitrogens with zero attached hydrogens (tertiary/aromatic N) is 2. The fourth-order valence-electron chi connectivity index (χ4n) is 5.69. The van der Waals surface area contributed by atoms with Crippen LogP contribution < -0.4 is 0 Å². The molecule has 0 aromatic heterocycles. The second-order valence-corrected chi connectivity index (χ2v) is 10.3. The number of fused-ring (bicyclic) bond motifs is 2. The first-order chi connectivity index (χ1) is 17.8. The van der Waals surface area contributed by atoms with Gasteiger partial charge in [-0.3, -0.25) is 9.69 Å². The van der Waals surface area contributed by atoms with E-state index < -0.39 is 17.8 Å². The minimum absolute atomic E-state index is 0.0644. The molecule has 1 N–H and O–H groups in total. The zero-order valence-corrected chi connectivity index (χ0v) is 20.7. The zero-order valence-electron chi connectivity index (χ0n) is 20.7. The molecule has 0 spiro atoms. The van der Waals surface area contributed by atoms with Crippen molar-refractivity contribution in [3.8, 4) is 0 Å². The van der Waals surface area contributed by atoms with Crippen molar-refractivity contribution >= 4 is 5.91 Å². The van der Waals surface area contributed by atoms with Gasteiger partial charge in [-0.25, -0.2) is 0 Å². The number of alkyl halides is 3. The van der Waals surface area contributed by atoms with E-state index in [4.69, 9.17) is 9.47 Å². The van der Waals surface area contributed by atoms with Gasteiger partial charge in [-0.15, -0.1) is 0 Å². The number of ether oxygens (including phenoxy) is 2. The number of aliphatic hydroxyl groups excluding tert-OH is 1. The second kappa shape index (κ2) is 11.1. The van der Waals surface area contributed by atoms with E-state index in [1.54, 1.807) is 0 Å². The van der Waals surface area contributed by atoms with Crippen molar-refractivity contribution in [2.24, 2.45) is 0 Å².